The van der Waals surface area contributed by atoms with Crippen LogP contribution in [0, 0.1) is 0 Å². The van der Waals surface area contributed by atoms with Gasteiger partial charge < -0.3 is 5.32 Å². The van der Waals surface area contributed by atoms with Crippen molar-refractivity contribution in [3.63, 3.8) is 0 Å². The number of rotatable bonds is 5. The Morgan fingerprint density at radius 1 is 1.39 bits per heavy atom. The lowest BCUT2D eigenvalue weighted by Gasteiger charge is -2.09. The Morgan fingerprint density at radius 3 is 2.89 bits per heavy atom. The molecule has 1 aliphatic rings. The van der Waals surface area contributed by atoms with E-state index in [1.165, 1.54) is 0 Å². The lowest BCUT2D eigenvalue weighted by atomic mass is 10.3. The van der Waals surface area contributed by atoms with Crippen molar-refractivity contribution in [2.45, 2.75) is 11.3 Å². The number of halogens is 1. The second-order valence-corrected chi connectivity index (χ2v) is 7.09. The molecule has 2 rings (SSSR count). The van der Waals surface area contributed by atoms with Crippen molar-refractivity contribution in [3.8, 4) is 0 Å². The Bertz CT molecular complexity index is 550. The Balaban J connectivity index is 1.98. The van der Waals surface area contributed by atoms with Gasteiger partial charge in [0.05, 0.1) is 16.8 Å². The summed E-state index contributed by atoms with van der Waals surface area (Å²) < 4.78 is 24.2. The Hall–Kier alpha value is -0.570. The predicted molar refractivity (Wildman–Crippen MR) is 72.8 cm³/mol. The monoisotopic (exact) mass is 308 g/mol. The van der Waals surface area contributed by atoms with Crippen LogP contribution in [0.3, 0.4) is 0 Å². The van der Waals surface area contributed by atoms with E-state index in [0.717, 1.165) is 29.0 Å². The maximum absolute atomic E-state index is 10.9. The molecule has 18 heavy (non-hydrogen) atoms. The molecule has 2 heterocycles. The minimum Gasteiger partial charge on any atom is -0.368 e. The predicted octanol–water partition coefficient (Wildman–Crippen LogP) is 0.739. The number of sulfonamides is 1. The van der Waals surface area contributed by atoms with Gasteiger partial charge in [0.1, 0.15) is 5.82 Å². The molecule has 2 N–H and O–H groups in total. The summed E-state index contributed by atoms with van der Waals surface area (Å²) in [6.45, 7) is 0.757. The van der Waals surface area contributed by atoms with E-state index in [0.29, 0.717) is 18.9 Å². The molecule has 0 fully saturated rings. The molecule has 100 valence electrons. The van der Waals surface area contributed by atoms with E-state index in [-0.39, 0.29) is 5.28 Å². The Kier molecular flexibility index (Phi) is 4.31. The average molecular weight is 309 g/mol. The molecule has 1 aromatic rings. The van der Waals surface area contributed by atoms with E-state index in [1.807, 2.05) is 0 Å². The number of nitrogens with zero attached hydrogens (tertiary/aromatic N) is 2. The third kappa shape index (κ3) is 3.71. The molecule has 0 spiro atoms. The SMILES string of the molecule is CS(=O)(=O)NCCNc1nc(Cl)nc2c1SCC2. The van der Waals surface area contributed by atoms with Crippen LogP contribution in [0.1, 0.15) is 5.69 Å². The van der Waals surface area contributed by atoms with Gasteiger partial charge in [0, 0.05) is 25.3 Å². The van der Waals surface area contributed by atoms with Crippen molar-refractivity contribution in [3.05, 3.63) is 11.0 Å². The molecular formula is C9H13ClN4O2S2. The van der Waals surface area contributed by atoms with Crippen LogP contribution in [0.15, 0.2) is 4.90 Å². The number of aromatic nitrogens is 2. The van der Waals surface area contributed by atoms with E-state index in [4.69, 9.17) is 11.6 Å². The first-order valence-corrected chi connectivity index (χ1v) is 8.59. The van der Waals surface area contributed by atoms with Gasteiger partial charge in [0.2, 0.25) is 15.3 Å². The maximum Gasteiger partial charge on any atom is 0.224 e. The quantitative estimate of drug-likeness (QED) is 0.616. The Labute approximate surface area is 115 Å². The standard InChI is InChI=1S/C9H13ClN4O2S2/c1-18(15,16)12-4-3-11-8-7-6(2-5-17-7)13-9(10)14-8/h12H,2-5H2,1H3,(H,11,13,14). The summed E-state index contributed by atoms with van der Waals surface area (Å²) in [4.78, 5) is 9.30. The van der Waals surface area contributed by atoms with Crippen LogP contribution in [0.25, 0.3) is 0 Å². The summed E-state index contributed by atoms with van der Waals surface area (Å²) in [5.41, 5.74) is 0.957. The van der Waals surface area contributed by atoms with E-state index in [1.54, 1.807) is 11.8 Å². The minimum absolute atomic E-state index is 0.217. The number of thioether (sulfide) groups is 1. The van der Waals surface area contributed by atoms with Crippen molar-refractivity contribution in [2.75, 3.05) is 30.4 Å². The van der Waals surface area contributed by atoms with Crippen LogP contribution in [-0.4, -0.2) is 43.5 Å². The van der Waals surface area contributed by atoms with Crippen molar-refractivity contribution >= 4 is 39.2 Å². The summed E-state index contributed by atoms with van der Waals surface area (Å²) in [5.74, 6) is 1.66. The molecule has 6 nitrogen and oxygen atoms in total. The molecule has 1 aliphatic heterocycles. The molecule has 0 saturated carbocycles. The Morgan fingerprint density at radius 2 is 2.17 bits per heavy atom. The largest absolute Gasteiger partial charge is 0.368 e. The van der Waals surface area contributed by atoms with Crippen molar-refractivity contribution in [2.24, 2.45) is 0 Å². The first-order valence-electron chi connectivity index (χ1n) is 5.33. The fourth-order valence-electron chi connectivity index (χ4n) is 1.57. The molecule has 0 aromatic carbocycles. The van der Waals surface area contributed by atoms with Crippen molar-refractivity contribution in [1.29, 1.82) is 0 Å². The number of hydrogen-bond donors (Lipinski definition) is 2. The summed E-state index contributed by atoms with van der Waals surface area (Å²) in [7, 11) is -3.15. The molecule has 1 aromatic heterocycles. The number of aryl methyl sites for hydroxylation is 1. The smallest absolute Gasteiger partial charge is 0.224 e. The van der Waals surface area contributed by atoms with Gasteiger partial charge in [0.15, 0.2) is 0 Å². The topological polar surface area (TPSA) is 84.0 Å². The number of anilines is 1. The van der Waals surface area contributed by atoms with Crippen LogP contribution in [0.5, 0.6) is 0 Å². The molecule has 0 atom stereocenters. The summed E-state index contributed by atoms with van der Waals surface area (Å²) in [6, 6.07) is 0. The van der Waals surface area contributed by atoms with Gasteiger partial charge in [0.25, 0.3) is 0 Å². The van der Waals surface area contributed by atoms with Crippen LogP contribution in [0.2, 0.25) is 5.28 Å². The minimum atomic E-state index is -3.15. The first-order chi connectivity index (χ1) is 8.46. The number of fused-ring (bicyclic) bond motifs is 1. The third-order valence-corrected chi connectivity index (χ3v) is 4.30. The highest BCUT2D eigenvalue weighted by Gasteiger charge is 2.19. The van der Waals surface area contributed by atoms with Gasteiger partial charge in [-0.2, -0.15) is 4.98 Å². The van der Waals surface area contributed by atoms with Crippen LogP contribution < -0.4 is 10.0 Å². The van der Waals surface area contributed by atoms with E-state index in [9.17, 15) is 8.42 Å². The number of nitrogens with one attached hydrogen (secondary N) is 2. The highest BCUT2D eigenvalue weighted by Crippen LogP contribution is 2.35. The van der Waals surface area contributed by atoms with Gasteiger partial charge >= 0.3 is 0 Å². The first kappa shape index (κ1) is 13.9. The van der Waals surface area contributed by atoms with Crippen LogP contribution >= 0.6 is 23.4 Å². The lowest BCUT2D eigenvalue weighted by molar-refractivity contribution is 0.589. The molecule has 0 saturated heterocycles. The average Bonchev–Trinajstić information content (AvgIpc) is 2.70. The molecule has 9 heteroatoms. The molecule has 0 radical (unpaired) electrons. The second-order valence-electron chi connectivity index (χ2n) is 3.81. The van der Waals surface area contributed by atoms with Crippen molar-refractivity contribution in [1.82, 2.24) is 14.7 Å². The van der Waals surface area contributed by atoms with E-state index < -0.39 is 10.0 Å². The highest BCUT2D eigenvalue weighted by molar-refractivity contribution is 7.99. The zero-order chi connectivity index (χ0) is 13.2. The molecule has 0 bridgehead atoms. The second kappa shape index (κ2) is 5.60. The lowest BCUT2D eigenvalue weighted by Crippen LogP contribution is -2.28. The van der Waals surface area contributed by atoms with E-state index >= 15 is 0 Å². The highest BCUT2D eigenvalue weighted by atomic mass is 35.5. The zero-order valence-corrected chi connectivity index (χ0v) is 12.1. The molecule has 0 amide bonds. The van der Waals surface area contributed by atoms with E-state index in [2.05, 4.69) is 20.0 Å². The van der Waals surface area contributed by atoms with Gasteiger partial charge in [-0.05, 0) is 11.6 Å². The number of hydrogen-bond acceptors (Lipinski definition) is 6. The molecular weight excluding hydrogens is 296 g/mol. The van der Waals surface area contributed by atoms with Crippen LogP contribution in [0.4, 0.5) is 5.82 Å². The zero-order valence-electron chi connectivity index (χ0n) is 9.73. The van der Waals surface area contributed by atoms with Gasteiger partial charge in [-0.1, -0.05) is 0 Å². The van der Waals surface area contributed by atoms with Crippen LogP contribution in [-0.2, 0) is 16.4 Å². The maximum atomic E-state index is 10.9. The molecule has 0 aliphatic carbocycles. The summed E-state index contributed by atoms with van der Waals surface area (Å²) >= 11 is 7.51. The normalized spacial score (nSPS) is 14.6. The fraction of sp³-hybridized carbons (Fsp3) is 0.556. The summed E-state index contributed by atoms with van der Waals surface area (Å²) in [5, 5.41) is 3.29. The molecule has 0 unspecified atom stereocenters. The van der Waals surface area contributed by atoms with Gasteiger partial charge in [-0.25, -0.2) is 18.1 Å². The third-order valence-electron chi connectivity index (χ3n) is 2.28. The fourth-order valence-corrected chi connectivity index (χ4v) is 3.30. The van der Waals surface area contributed by atoms with Gasteiger partial charge in [-0.15, -0.1) is 11.8 Å². The summed E-state index contributed by atoms with van der Waals surface area (Å²) in [6.07, 6.45) is 2.01. The van der Waals surface area contributed by atoms with Gasteiger partial charge in [-0.3, -0.25) is 0 Å². The van der Waals surface area contributed by atoms with Crippen molar-refractivity contribution < 1.29 is 8.42 Å².